The zero-order chi connectivity index (χ0) is 23.3. The minimum Gasteiger partial charge on any atom is -0.466 e. The molecule has 0 radical (unpaired) electrons. The van der Waals surface area contributed by atoms with Crippen LogP contribution in [0.5, 0.6) is 0 Å². The fourth-order valence-electron chi connectivity index (χ4n) is 3.29. The van der Waals surface area contributed by atoms with Gasteiger partial charge in [0.2, 0.25) is 11.8 Å². The number of amides is 3. The van der Waals surface area contributed by atoms with E-state index in [1.807, 2.05) is 6.92 Å². The van der Waals surface area contributed by atoms with Crippen molar-refractivity contribution in [3.05, 3.63) is 29.8 Å². The predicted octanol–water partition coefficient (Wildman–Crippen LogP) is 1.69. The van der Waals surface area contributed by atoms with Crippen molar-refractivity contribution in [1.82, 2.24) is 15.5 Å². The molecule has 0 saturated carbocycles. The van der Waals surface area contributed by atoms with Crippen molar-refractivity contribution in [2.24, 2.45) is 0 Å². The standard InChI is InChI=1S/C23H34N4O5/c1-3-5-10-24-22(30)17-8-7-9-18(14-17)26-16-20(28)27-12-11-25-23(31)19(27)15-21(29)32-13-6-4-2/h7-9,14,19,26H,3-6,10-13,15-16H2,1-2H3,(H,24,30)(H,25,31). The zero-order valence-corrected chi connectivity index (χ0v) is 18.9. The summed E-state index contributed by atoms with van der Waals surface area (Å²) < 4.78 is 5.15. The largest absolute Gasteiger partial charge is 0.466 e. The molecule has 1 fully saturated rings. The smallest absolute Gasteiger partial charge is 0.308 e. The van der Waals surface area contributed by atoms with E-state index >= 15 is 0 Å². The van der Waals surface area contributed by atoms with Gasteiger partial charge >= 0.3 is 5.97 Å². The normalized spacial score (nSPS) is 15.6. The number of esters is 1. The number of unbranched alkanes of at least 4 members (excludes halogenated alkanes) is 2. The molecule has 1 heterocycles. The highest BCUT2D eigenvalue weighted by Crippen LogP contribution is 2.13. The SMILES string of the molecule is CCCCNC(=O)c1cccc(NCC(=O)N2CCNC(=O)C2CC(=O)OCCCC)c1. The Morgan fingerprint density at radius 3 is 2.72 bits per heavy atom. The molecule has 2 rings (SSSR count). The number of hydrogen-bond donors (Lipinski definition) is 3. The predicted molar refractivity (Wildman–Crippen MR) is 121 cm³/mol. The van der Waals surface area contributed by atoms with Gasteiger partial charge in [-0.2, -0.15) is 0 Å². The van der Waals surface area contributed by atoms with E-state index in [1.54, 1.807) is 24.3 Å². The Morgan fingerprint density at radius 1 is 1.19 bits per heavy atom. The molecule has 1 aromatic carbocycles. The van der Waals surface area contributed by atoms with Gasteiger partial charge in [-0.05, 0) is 31.0 Å². The molecule has 176 valence electrons. The van der Waals surface area contributed by atoms with E-state index < -0.39 is 12.0 Å². The van der Waals surface area contributed by atoms with Crippen molar-refractivity contribution in [2.75, 3.05) is 38.1 Å². The molecule has 0 aromatic heterocycles. The first-order valence-corrected chi connectivity index (χ1v) is 11.3. The summed E-state index contributed by atoms with van der Waals surface area (Å²) in [6.07, 6.45) is 3.39. The molecular weight excluding hydrogens is 412 g/mol. The van der Waals surface area contributed by atoms with Crippen LogP contribution in [-0.2, 0) is 19.1 Å². The van der Waals surface area contributed by atoms with E-state index in [0.717, 1.165) is 25.7 Å². The summed E-state index contributed by atoms with van der Waals surface area (Å²) in [7, 11) is 0. The summed E-state index contributed by atoms with van der Waals surface area (Å²) in [5.41, 5.74) is 1.13. The van der Waals surface area contributed by atoms with Gasteiger partial charge < -0.3 is 25.6 Å². The molecule has 9 heteroatoms. The summed E-state index contributed by atoms with van der Waals surface area (Å²) >= 11 is 0. The number of anilines is 1. The third-order valence-electron chi connectivity index (χ3n) is 5.16. The molecule has 0 aliphatic carbocycles. The molecule has 1 atom stereocenters. The second-order valence-corrected chi connectivity index (χ2v) is 7.72. The van der Waals surface area contributed by atoms with E-state index in [4.69, 9.17) is 4.74 Å². The first kappa shape index (κ1) is 25.2. The highest BCUT2D eigenvalue weighted by atomic mass is 16.5. The van der Waals surface area contributed by atoms with Gasteiger partial charge in [-0.3, -0.25) is 19.2 Å². The molecule has 1 saturated heterocycles. The number of nitrogens with one attached hydrogen (secondary N) is 3. The molecule has 9 nitrogen and oxygen atoms in total. The number of piperazine rings is 1. The Labute approximate surface area is 189 Å². The summed E-state index contributed by atoms with van der Waals surface area (Å²) in [5.74, 6) is -1.32. The quantitative estimate of drug-likeness (QED) is 0.332. The maximum absolute atomic E-state index is 12.8. The Kier molecular flexibility index (Phi) is 10.5. The number of hydrogen-bond acceptors (Lipinski definition) is 6. The molecule has 1 aliphatic rings. The summed E-state index contributed by atoms with van der Waals surface area (Å²) in [5, 5.41) is 8.58. The number of carbonyl (C=O) groups is 4. The van der Waals surface area contributed by atoms with Crippen molar-refractivity contribution in [2.45, 2.75) is 52.0 Å². The lowest BCUT2D eigenvalue weighted by atomic mass is 10.1. The van der Waals surface area contributed by atoms with Crippen molar-refractivity contribution in [1.29, 1.82) is 0 Å². The van der Waals surface area contributed by atoms with Gasteiger partial charge in [0.1, 0.15) is 6.04 Å². The summed E-state index contributed by atoms with van der Waals surface area (Å²) in [4.78, 5) is 50.8. The van der Waals surface area contributed by atoms with Crippen LogP contribution < -0.4 is 16.0 Å². The Balaban J connectivity index is 1.93. The average Bonchev–Trinajstić information content (AvgIpc) is 2.79. The van der Waals surface area contributed by atoms with Gasteiger partial charge in [0.05, 0.1) is 19.6 Å². The fourth-order valence-corrected chi connectivity index (χ4v) is 3.29. The lowest BCUT2D eigenvalue weighted by Crippen LogP contribution is -2.58. The summed E-state index contributed by atoms with van der Waals surface area (Å²) in [6.45, 7) is 5.56. The van der Waals surface area contributed by atoms with Crippen molar-refractivity contribution < 1.29 is 23.9 Å². The fraction of sp³-hybridized carbons (Fsp3) is 0.565. The minimum atomic E-state index is -0.886. The van der Waals surface area contributed by atoms with E-state index in [9.17, 15) is 19.2 Å². The van der Waals surface area contributed by atoms with Crippen LogP contribution in [0.1, 0.15) is 56.3 Å². The van der Waals surface area contributed by atoms with Crippen LogP contribution in [0.15, 0.2) is 24.3 Å². The van der Waals surface area contributed by atoms with Gasteiger partial charge in [0.15, 0.2) is 0 Å². The minimum absolute atomic E-state index is 0.0600. The Morgan fingerprint density at radius 2 is 1.97 bits per heavy atom. The topological polar surface area (TPSA) is 117 Å². The second-order valence-electron chi connectivity index (χ2n) is 7.72. The van der Waals surface area contributed by atoms with Crippen LogP contribution in [0.2, 0.25) is 0 Å². The van der Waals surface area contributed by atoms with Crippen molar-refractivity contribution in [3.63, 3.8) is 0 Å². The third kappa shape index (κ3) is 7.86. The van der Waals surface area contributed by atoms with Crippen molar-refractivity contribution in [3.8, 4) is 0 Å². The lowest BCUT2D eigenvalue weighted by Gasteiger charge is -2.34. The van der Waals surface area contributed by atoms with Crippen LogP contribution in [-0.4, -0.2) is 67.4 Å². The van der Waals surface area contributed by atoms with Crippen LogP contribution in [0.25, 0.3) is 0 Å². The average molecular weight is 447 g/mol. The highest BCUT2D eigenvalue weighted by molar-refractivity contribution is 5.95. The number of ether oxygens (including phenoxy) is 1. The van der Waals surface area contributed by atoms with E-state index in [0.29, 0.717) is 37.5 Å². The molecule has 1 aromatic rings. The van der Waals surface area contributed by atoms with Crippen LogP contribution in [0.3, 0.4) is 0 Å². The van der Waals surface area contributed by atoms with E-state index in [2.05, 4.69) is 22.9 Å². The van der Waals surface area contributed by atoms with Gasteiger partial charge in [-0.25, -0.2) is 0 Å². The molecule has 1 unspecified atom stereocenters. The number of carbonyl (C=O) groups excluding carboxylic acids is 4. The van der Waals surface area contributed by atoms with Crippen LogP contribution >= 0.6 is 0 Å². The third-order valence-corrected chi connectivity index (χ3v) is 5.16. The van der Waals surface area contributed by atoms with Crippen molar-refractivity contribution >= 4 is 29.4 Å². The Hall–Kier alpha value is -3.10. The molecule has 0 spiro atoms. The van der Waals surface area contributed by atoms with Crippen LogP contribution in [0, 0.1) is 0 Å². The highest BCUT2D eigenvalue weighted by Gasteiger charge is 2.34. The molecule has 3 N–H and O–H groups in total. The van der Waals surface area contributed by atoms with E-state index in [-0.39, 0.29) is 30.7 Å². The van der Waals surface area contributed by atoms with Gasteiger partial charge in [-0.15, -0.1) is 0 Å². The number of nitrogens with zero attached hydrogens (tertiary/aromatic N) is 1. The molecule has 32 heavy (non-hydrogen) atoms. The monoisotopic (exact) mass is 446 g/mol. The Bertz CT molecular complexity index is 798. The second kappa shape index (κ2) is 13.3. The molecular formula is C23H34N4O5. The summed E-state index contributed by atoms with van der Waals surface area (Å²) in [6, 6.07) is 6.01. The number of benzene rings is 1. The van der Waals surface area contributed by atoms with Gasteiger partial charge in [0.25, 0.3) is 5.91 Å². The van der Waals surface area contributed by atoms with Crippen LogP contribution in [0.4, 0.5) is 5.69 Å². The first-order valence-electron chi connectivity index (χ1n) is 11.3. The maximum atomic E-state index is 12.8. The molecule has 0 bridgehead atoms. The molecule has 1 aliphatic heterocycles. The number of rotatable bonds is 12. The zero-order valence-electron chi connectivity index (χ0n) is 18.9. The van der Waals surface area contributed by atoms with Gasteiger partial charge in [-0.1, -0.05) is 32.8 Å². The molecule has 3 amide bonds. The lowest BCUT2D eigenvalue weighted by molar-refractivity contribution is -0.151. The first-order chi connectivity index (χ1) is 15.5. The van der Waals surface area contributed by atoms with Gasteiger partial charge in [0, 0.05) is 30.9 Å². The maximum Gasteiger partial charge on any atom is 0.308 e. The van der Waals surface area contributed by atoms with E-state index in [1.165, 1.54) is 4.90 Å².